The second-order valence-electron chi connectivity index (χ2n) is 6.51. The van der Waals surface area contributed by atoms with Crippen LogP contribution >= 0.6 is 0 Å². The quantitative estimate of drug-likeness (QED) is 0.281. The van der Waals surface area contributed by atoms with Gasteiger partial charge in [0.1, 0.15) is 6.17 Å². The van der Waals surface area contributed by atoms with Gasteiger partial charge in [0, 0.05) is 13.6 Å². The van der Waals surface area contributed by atoms with Crippen molar-refractivity contribution in [1.82, 2.24) is 13.7 Å². The van der Waals surface area contributed by atoms with Crippen molar-refractivity contribution >= 4 is 12.2 Å². The van der Waals surface area contributed by atoms with Gasteiger partial charge in [0.05, 0.1) is 6.54 Å². The van der Waals surface area contributed by atoms with Crippen LogP contribution in [0.4, 0.5) is 0 Å². The van der Waals surface area contributed by atoms with Crippen molar-refractivity contribution in [3.05, 3.63) is 31.5 Å². The molecule has 0 aliphatic carbocycles. The third kappa shape index (κ3) is 6.40. The highest BCUT2D eigenvalue weighted by atomic mass is 16.2. The van der Waals surface area contributed by atoms with Gasteiger partial charge in [0.15, 0.2) is 0 Å². The van der Waals surface area contributed by atoms with E-state index in [1.807, 2.05) is 6.92 Å². The number of rotatable bonds is 13. The first-order valence-corrected chi connectivity index (χ1v) is 9.52. The molecule has 0 N–H and O–H groups in total. The van der Waals surface area contributed by atoms with Crippen LogP contribution in [0.2, 0.25) is 0 Å². The summed E-state index contributed by atoms with van der Waals surface area (Å²) in [6, 6.07) is 0. The van der Waals surface area contributed by atoms with Crippen molar-refractivity contribution in [3.8, 4) is 0 Å². The van der Waals surface area contributed by atoms with Crippen molar-refractivity contribution in [2.24, 2.45) is 17.0 Å². The van der Waals surface area contributed by atoms with Crippen molar-refractivity contribution in [2.75, 3.05) is 6.54 Å². The average molecular weight is 393 g/mol. The van der Waals surface area contributed by atoms with E-state index in [1.54, 1.807) is 0 Å². The maximum absolute atomic E-state index is 12.8. The second-order valence-corrected chi connectivity index (χ2v) is 6.51. The number of hydrogen-bond acceptors (Lipinski definition) is 7. The highest BCUT2D eigenvalue weighted by Gasteiger charge is 2.20. The fourth-order valence-corrected chi connectivity index (χ4v) is 2.91. The van der Waals surface area contributed by atoms with Gasteiger partial charge in [-0.15, -0.1) is 0 Å². The number of aromatic nitrogens is 3. The number of unbranched alkanes of at least 4 members (excludes halogenated alkanes) is 5. The van der Waals surface area contributed by atoms with Gasteiger partial charge in [0.2, 0.25) is 12.2 Å². The zero-order chi connectivity index (χ0) is 20.9. The molecule has 1 aromatic rings. The monoisotopic (exact) mass is 393 g/mol. The third-order valence-electron chi connectivity index (χ3n) is 4.48. The summed E-state index contributed by atoms with van der Waals surface area (Å²) < 4.78 is 2.71. The Morgan fingerprint density at radius 1 is 0.893 bits per heavy atom. The molecule has 0 radical (unpaired) electrons. The standard InChI is InChI=1S/C18H27N5O5/c1-3-4-7-10-15(20-14-25)23-17(27)21(2)16(26)22(18(23)28)12-9-6-5-8-11-19-13-24/h15H,3-12H2,1-2H3. The molecule has 0 saturated carbocycles. The van der Waals surface area contributed by atoms with Crippen molar-refractivity contribution < 1.29 is 9.59 Å². The average Bonchev–Trinajstić information content (AvgIpc) is 2.68. The number of carbonyl (C=O) groups excluding carboxylic acids is 2. The van der Waals surface area contributed by atoms with Gasteiger partial charge in [-0.3, -0.25) is 0 Å². The van der Waals surface area contributed by atoms with Crippen LogP contribution in [0.3, 0.4) is 0 Å². The van der Waals surface area contributed by atoms with Gasteiger partial charge < -0.3 is 0 Å². The zero-order valence-corrected chi connectivity index (χ0v) is 16.4. The molecule has 1 heterocycles. The van der Waals surface area contributed by atoms with Gasteiger partial charge >= 0.3 is 17.1 Å². The number of aliphatic imine (C=N–C) groups is 2. The van der Waals surface area contributed by atoms with E-state index in [0.717, 1.165) is 45.8 Å². The summed E-state index contributed by atoms with van der Waals surface area (Å²) in [5, 5.41) is 0. The Hall–Kier alpha value is -2.83. The lowest BCUT2D eigenvalue weighted by molar-refractivity contribution is 0.375. The summed E-state index contributed by atoms with van der Waals surface area (Å²) >= 11 is 0. The van der Waals surface area contributed by atoms with Crippen molar-refractivity contribution in [3.63, 3.8) is 0 Å². The van der Waals surface area contributed by atoms with E-state index in [0.29, 0.717) is 25.8 Å². The van der Waals surface area contributed by atoms with Gasteiger partial charge in [0.25, 0.3) is 0 Å². The summed E-state index contributed by atoms with van der Waals surface area (Å²) in [6.07, 6.45) is 7.54. The van der Waals surface area contributed by atoms with Crippen molar-refractivity contribution in [2.45, 2.75) is 71.0 Å². The van der Waals surface area contributed by atoms with E-state index >= 15 is 0 Å². The van der Waals surface area contributed by atoms with E-state index < -0.39 is 23.2 Å². The Morgan fingerprint density at radius 2 is 1.61 bits per heavy atom. The zero-order valence-electron chi connectivity index (χ0n) is 16.4. The molecule has 0 aromatic carbocycles. The van der Waals surface area contributed by atoms with E-state index in [-0.39, 0.29) is 6.54 Å². The molecule has 28 heavy (non-hydrogen) atoms. The van der Waals surface area contributed by atoms with Crippen LogP contribution in [0.1, 0.15) is 64.5 Å². The molecule has 10 nitrogen and oxygen atoms in total. The smallest absolute Gasteiger partial charge is 0.248 e. The fourth-order valence-electron chi connectivity index (χ4n) is 2.91. The van der Waals surface area contributed by atoms with Gasteiger partial charge in [-0.25, -0.2) is 42.7 Å². The molecule has 10 heteroatoms. The minimum Gasteiger partial charge on any atom is -0.248 e. The predicted octanol–water partition coefficient (Wildman–Crippen LogP) is 1.02. The Balaban J connectivity index is 3.07. The second kappa shape index (κ2) is 12.5. The molecule has 154 valence electrons. The molecular formula is C18H27N5O5. The van der Waals surface area contributed by atoms with Crippen molar-refractivity contribution in [1.29, 1.82) is 0 Å². The molecule has 1 rings (SSSR count). The van der Waals surface area contributed by atoms with E-state index in [4.69, 9.17) is 0 Å². The Kier molecular flexibility index (Phi) is 10.4. The van der Waals surface area contributed by atoms with Crippen LogP contribution in [0.15, 0.2) is 24.4 Å². The largest absolute Gasteiger partial charge is 0.338 e. The van der Waals surface area contributed by atoms with E-state index in [1.165, 1.54) is 19.2 Å². The summed E-state index contributed by atoms with van der Waals surface area (Å²) in [6.45, 7) is 2.56. The summed E-state index contributed by atoms with van der Waals surface area (Å²) in [7, 11) is 1.29. The predicted molar refractivity (Wildman–Crippen MR) is 103 cm³/mol. The summed E-state index contributed by atoms with van der Waals surface area (Å²) in [5.41, 5.74) is -2.25. The van der Waals surface area contributed by atoms with Gasteiger partial charge in [-0.05, 0) is 25.7 Å². The van der Waals surface area contributed by atoms with Crippen LogP contribution in [0, 0.1) is 0 Å². The molecule has 0 saturated heterocycles. The molecule has 1 unspecified atom stereocenters. The van der Waals surface area contributed by atoms with E-state index in [2.05, 4.69) is 9.98 Å². The number of nitrogens with zero attached hydrogens (tertiary/aromatic N) is 5. The Bertz CT molecular complexity index is 900. The lowest BCUT2D eigenvalue weighted by atomic mass is 10.2. The minimum atomic E-state index is -0.969. The molecule has 0 fully saturated rings. The Labute approximate surface area is 162 Å². The maximum atomic E-state index is 12.8. The fraction of sp³-hybridized carbons (Fsp3) is 0.722. The highest BCUT2D eigenvalue weighted by molar-refractivity contribution is 5.33. The first-order chi connectivity index (χ1) is 13.5. The molecule has 1 aromatic heterocycles. The number of isocyanates is 2. The molecule has 0 aliphatic rings. The number of hydrogen-bond donors (Lipinski definition) is 0. The normalized spacial score (nSPS) is 11.5. The molecule has 0 aliphatic heterocycles. The van der Waals surface area contributed by atoms with Crippen LogP contribution < -0.4 is 17.1 Å². The third-order valence-corrected chi connectivity index (χ3v) is 4.48. The molecule has 1 atom stereocenters. The summed E-state index contributed by atoms with van der Waals surface area (Å²) in [4.78, 5) is 65.5. The minimum absolute atomic E-state index is 0.148. The van der Waals surface area contributed by atoms with Crippen LogP contribution in [-0.2, 0) is 23.2 Å². The van der Waals surface area contributed by atoms with E-state index in [9.17, 15) is 24.0 Å². The highest BCUT2D eigenvalue weighted by Crippen LogP contribution is 2.13. The molecule has 0 bridgehead atoms. The Morgan fingerprint density at radius 3 is 2.25 bits per heavy atom. The maximum Gasteiger partial charge on any atom is 0.338 e. The first-order valence-electron chi connectivity index (χ1n) is 9.52. The SMILES string of the molecule is CCCCCC(N=C=O)n1c(=O)n(C)c(=O)n(CCCCCCN=C=O)c1=O. The molecular weight excluding hydrogens is 366 g/mol. The van der Waals surface area contributed by atoms with Crippen LogP contribution in [-0.4, -0.2) is 32.4 Å². The lowest BCUT2D eigenvalue weighted by Gasteiger charge is -2.16. The first kappa shape index (κ1) is 23.2. The summed E-state index contributed by atoms with van der Waals surface area (Å²) in [5.74, 6) is 0. The lowest BCUT2D eigenvalue weighted by Crippen LogP contribution is -2.54. The van der Waals surface area contributed by atoms with Gasteiger partial charge in [-0.1, -0.05) is 32.6 Å². The molecule has 0 spiro atoms. The van der Waals surface area contributed by atoms with Gasteiger partial charge in [-0.2, -0.15) is 4.99 Å². The van der Waals surface area contributed by atoms with Crippen LogP contribution in [0.25, 0.3) is 0 Å². The molecule has 0 amide bonds. The van der Waals surface area contributed by atoms with Crippen LogP contribution in [0.5, 0.6) is 0 Å². The topological polar surface area (TPSA) is 125 Å².